The van der Waals surface area contributed by atoms with Crippen LogP contribution in [0.5, 0.6) is 5.75 Å². The maximum atomic E-state index is 10.3. The molecule has 2 aromatic carbocycles. The fourth-order valence-corrected chi connectivity index (χ4v) is 3.37. The van der Waals surface area contributed by atoms with E-state index in [1.165, 1.54) is 11.3 Å². The highest BCUT2D eigenvalue weighted by atomic mass is 35.5. The van der Waals surface area contributed by atoms with Crippen LogP contribution >= 0.6 is 11.6 Å². The van der Waals surface area contributed by atoms with Crippen LogP contribution in [0.2, 0.25) is 5.02 Å². The summed E-state index contributed by atoms with van der Waals surface area (Å²) in [6, 6.07) is 13.7. The Labute approximate surface area is 153 Å². The van der Waals surface area contributed by atoms with Crippen LogP contribution in [0.15, 0.2) is 42.5 Å². The second-order valence-corrected chi connectivity index (χ2v) is 6.78. The smallest absolute Gasteiger partial charge is 0.118 e. The molecule has 0 aromatic heterocycles. The van der Waals surface area contributed by atoms with Crippen LogP contribution in [-0.4, -0.2) is 38.0 Å². The Morgan fingerprint density at radius 2 is 2.00 bits per heavy atom. The van der Waals surface area contributed by atoms with E-state index in [0.717, 1.165) is 35.7 Å². The molecule has 1 aliphatic rings. The van der Waals surface area contributed by atoms with E-state index in [9.17, 15) is 5.11 Å². The van der Waals surface area contributed by atoms with Gasteiger partial charge in [0, 0.05) is 23.8 Å². The molecule has 1 unspecified atom stereocenters. The summed E-state index contributed by atoms with van der Waals surface area (Å²) >= 11 is 6.08. The number of aryl methyl sites for hydroxylation is 1. The largest absolute Gasteiger partial charge is 0.497 e. The number of ether oxygens (including phenoxy) is 2. The van der Waals surface area contributed by atoms with Crippen LogP contribution in [0.4, 0.5) is 5.69 Å². The van der Waals surface area contributed by atoms with Crippen molar-refractivity contribution in [1.82, 2.24) is 0 Å². The maximum absolute atomic E-state index is 10.3. The molecule has 1 heterocycles. The first-order valence-electron chi connectivity index (χ1n) is 8.58. The zero-order chi connectivity index (χ0) is 17.6. The highest BCUT2D eigenvalue weighted by Crippen LogP contribution is 2.29. The number of aliphatic hydroxyl groups excluding tert-OH is 1. The molecule has 0 amide bonds. The fraction of sp³-hybridized carbons (Fsp3) is 0.400. The first-order chi connectivity index (χ1) is 12.2. The average Bonchev–Trinajstić information content (AvgIpc) is 2.62. The molecule has 1 aliphatic heterocycles. The molecule has 3 rings (SSSR count). The van der Waals surface area contributed by atoms with E-state index in [-0.39, 0.29) is 0 Å². The Morgan fingerprint density at radius 1 is 1.20 bits per heavy atom. The summed E-state index contributed by atoms with van der Waals surface area (Å²) in [7, 11) is 1.65. The van der Waals surface area contributed by atoms with Gasteiger partial charge in [-0.05, 0) is 54.3 Å². The summed E-state index contributed by atoms with van der Waals surface area (Å²) in [6.45, 7) is 2.31. The third-order valence-corrected chi connectivity index (χ3v) is 4.66. The summed E-state index contributed by atoms with van der Waals surface area (Å²) in [5.74, 6) is 0.827. The van der Waals surface area contributed by atoms with Crippen LogP contribution in [-0.2, 0) is 17.8 Å². The first-order valence-corrected chi connectivity index (χ1v) is 8.95. The quantitative estimate of drug-likeness (QED) is 0.816. The van der Waals surface area contributed by atoms with Gasteiger partial charge < -0.3 is 19.5 Å². The maximum Gasteiger partial charge on any atom is 0.118 e. The molecule has 134 valence electrons. The number of β-amino-alcohol motifs (C(OH)–C–C–N with tert-alkyl or cyclic N) is 1. The number of halogens is 1. The van der Waals surface area contributed by atoms with E-state index in [1.807, 2.05) is 42.5 Å². The minimum absolute atomic E-state index is 0.311. The van der Waals surface area contributed by atoms with E-state index in [1.54, 1.807) is 7.11 Å². The number of benzene rings is 2. The van der Waals surface area contributed by atoms with Crippen molar-refractivity contribution in [2.75, 3.05) is 31.7 Å². The van der Waals surface area contributed by atoms with Gasteiger partial charge in [-0.15, -0.1) is 0 Å². The van der Waals surface area contributed by atoms with Gasteiger partial charge in [-0.25, -0.2) is 0 Å². The van der Waals surface area contributed by atoms with Crippen molar-refractivity contribution in [2.24, 2.45) is 0 Å². The first kappa shape index (κ1) is 18.1. The molecular weight excluding hydrogens is 338 g/mol. The third kappa shape index (κ3) is 4.88. The van der Waals surface area contributed by atoms with E-state index in [0.29, 0.717) is 19.8 Å². The Morgan fingerprint density at radius 3 is 2.76 bits per heavy atom. The van der Waals surface area contributed by atoms with Crippen molar-refractivity contribution >= 4 is 17.3 Å². The van der Waals surface area contributed by atoms with Gasteiger partial charge in [0.05, 0.1) is 26.4 Å². The molecule has 0 saturated carbocycles. The lowest BCUT2D eigenvalue weighted by Gasteiger charge is -2.33. The number of aliphatic hydroxyl groups is 1. The van der Waals surface area contributed by atoms with E-state index in [2.05, 4.69) is 4.90 Å². The van der Waals surface area contributed by atoms with Gasteiger partial charge >= 0.3 is 0 Å². The van der Waals surface area contributed by atoms with E-state index < -0.39 is 6.10 Å². The molecule has 1 atom stereocenters. The zero-order valence-corrected chi connectivity index (χ0v) is 15.2. The van der Waals surface area contributed by atoms with Crippen molar-refractivity contribution in [2.45, 2.75) is 25.6 Å². The standard InChI is InChI=1S/C20H24ClNO3/c1-24-19-7-4-15(5-8-19)13-25-14-18(23)12-22-10-2-3-16-11-17(21)6-9-20(16)22/h4-9,11,18,23H,2-3,10,12-14H2,1H3. The van der Waals surface area contributed by atoms with Crippen molar-refractivity contribution in [3.63, 3.8) is 0 Å². The van der Waals surface area contributed by atoms with Gasteiger partial charge in [0.2, 0.25) is 0 Å². The second-order valence-electron chi connectivity index (χ2n) is 6.34. The van der Waals surface area contributed by atoms with Gasteiger partial charge in [-0.1, -0.05) is 23.7 Å². The predicted molar refractivity (Wildman–Crippen MR) is 101 cm³/mol. The summed E-state index contributed by atoms with van der Waals surface area (Å²) in [5, 5.41) is 11.1. The summed E-state index contributed by atoms with van der Waals surface area (Å²) in [5.41, 5.74) is 3.49. The van der Waals surface area contributed by atoms with Gasteiger partial charge in [0.15, 0.2) is 0 Å². The zero-order valence-electron chi connectivity index (χ0n) is 14.5. The number of fused-ring (bicyclic) bond motifs is 1. The normalized spacial score (nSPS) is 14.9. The Bertz CT molecular complexity index is 690. The van der Waals surface area contributed by atoms with Crippen LogP contribution in [0.3, 0.4) is 0 Å². The van der Waals surface area contributed by atoms with Gasteiger partial charge in [0.1, 0.15) is 5.75 Å². The lowest BCUT2D eigenvalue weighted by molar-refractivity contribution is 0.0318. The van der Waals surface area contributed by atoms with Crippen LogP contribution in [0.25, 0.3) is 0 Å². The number of rotatable bonds is 7. The Kier molecular flexibility index (Phi) is 6.19. The monoisotopic (exact) mass is 361 g/mol. The van der Waals surface area contributed by atoms with E-state index >= 15 is 0 Å². The molecule has 0 fully saturated rings. The SMILES string of the molecule is COc1ccc(COCC(O)CN2CCCc3cc(Cl)ccc32)cc1. The lowest BCUT2D eigenvalue weighted by Crippen LogP contribution is -2.38. The van der Waals surface area contributed by atoms with E-state index in [4.69, 9.17) is 21.1 Å². The fourth-order valence-electron chi connectivity index (χ4n) is 3.17. The van der Waals surface area contributed by atoms with Crippen molar-refractivity contribution < 1.29 is 14.6 Å². The molecular formula is C20H24ClNO3. The predicted octanol–water partition coefficient (Wildman–Crippen LogP) is 3.68. The van der Waals surface area contributed by atoms with Crippen LogP contribution in [0.1, 0.15) is 17.5 Å². The molecule has 2 aromatic rings. The summed E-state index contributed by atoms with van der Waals surface area (Å²) in [6.07, 6.45) is 1.59. The topological polar surface area (TPSA) is 41.9 Å². The number of hydrogen-bond donors (Lipinski definition) is 1. The highest BCUT2D eigenvalue weighted by molar-refractivity contribution is 6.30. The molecule has 0 bridgehead atoms. The van der Waals surface area contributed by atoms with Crippen molar-refractivity contribution in [3.8, 4) is 5.75 Å². The molecule has 0 spiro atoms. The minimum atomic E-state index is -0.528. The molecule has 25 heavy (non-hydrogen) atoms. The van der Waals surface area contributed by atoms with Gasteiger partial charge in [-0.2, -0.15) is 0 Å². The summed E-state index contributed by atoms with van der Waals surface area (Å²) in [4.78, 5) is 2.22. The Hall–Kier alpha value is -1.75. The molecule has 0 aliphatic carbocycles. The summed E-state index contributed by atoms with van der Waals surface area (Å²) < 4.78 is 10.8. The molecule has 1 N–H and O–H groups in total. The second kappa shape index (κ2) is 8.56. The molecule has 4 nitrogen and oxygen atoms in total. The van der Waals surface area contributed by atoms with Crippen molar-refractivity contribution in [3.05, 3.63) is 58.6 Å². The van der Waals surface area contributed by atoms with Gasteiger partial charge in [-0.3, -0.25) is 0 Å². The number of methoxy groups -OCH3 is 1. The van der Waals surface area contributed by atoms with Gasteiger partial charge in [0.25, 0.3) is 0 Å². The number of hydrogen-bond acceptors (Lipinski definition) is 4. The third-order valence-electron chi connectivity index (χ3n) is 4.43. The number of nitrogens with zero attached hydrogens (tertiary/aromatic N) is 1. The molecule has 0 radical (unpaired) electrons. The molecule has 0 saturated heterocycles. The van der Waals surface area contributed by atoms with Crippen LogP contribution < -0.4 is 9.64 Å². The number of anilines is 1. The lowest BCUT2D eigenvalue weighted by atomic mass is 10.0. The van der Waals surface area contributed by atoms with Crippen molar-refractivity contribution in [1.29, 1.82) is 0 Å². The molecule has 5 heteroatoms. The highest BCUT2D eigenvalue weighted by Gasteiger charge is 2.19. The Balaban J connectivity index is 1.49. The van der Waals surface area contributed by atoms with Crippen LogP contribution in [0, 0.1) is 0 Å². The average molecular weight is 362 g/mol. The minimum Gasteiger partial charge on any atom is -0.497 e.